The number of carbonyl (C=O) groups excluding carboxylic acids is 1. The van der Waals surface area contributed by atoms with Gasteiger partial charge in [-0.15, -0.1) is 12.4 Å². The molecule has 1 fully saturated rings. The first-order valence-electron chi connectivity index (χ1n) is 8.59. The van der Waals surface area contributed by atoms with Gasteiger partial charge in [-0.2, -0.15) is 0 Å². The maximum atomic E-state index is 12.9. The first kappa shape index (κ1) is 22.3. The monoisotopic (exact) mass is 387 g/mol. The van der Waals surface area contributed by atoms with Gasteiger partial charge in [-0.3, -0.25) is 19.4 Å². The van der Waals surface area contributed by atoms with Crippen LogP contribution in [0.15, 0.2) is 24.3 Å². The average Bonchev–Trinajstić information content (AvgIpc) is 2.79. The zero-order valence-electron chi connectivity index (χ0n) is 15.0. The lowest BCUT2D eigenvalue weighted by molar-refractivity contribution is -0.138. The number of nitrogens with zero attached hydrogens (tertiary/aromatic N) is 2. The van der Waals surface area contributed by atoms with E-state index in [-0.39, 0.29) is 36.7 Å². The van der Waals surface area contributed by atoms with E-state index in [1.807, 2.05) is 11.9 Å². The van der Waals surface area contributed by atoms with Crippen LogP contribution in [0.4, 0.5) is 4.39 Å². The molecule has 1 unspecified atom stereocenters. The van der Waals surface area contributed by atoms with E-state index in [0.29, 0.717) is 13.1 Å². The Morgan fingerprint density at radius 2 is 1.96 bits per heavy atom. The van der Waals surface area contributed by atoms with Crippen LogP contribution in [0.5, 0.6) is 0 Å². The van der Waals surface area contributed by atoms with Crippen LogP contribution in [0.2, 0.25) is 0 Å². The molecule has 8 heteroatoms. The Bertz CT molecular complexity index is 586. The van der Waals surface area contributed by atoms with Gasteiger partial charge in [0.15, 0.2) is 0 Å². The highest BCUT2D eigenvalue weighted by Gasteiger charge is 2.22. The third kappa shape index (κ3) is 7.68. The molecule has 1 heterocycles. The molecule has 1 aromatic rings. The summed E-state index contributed by atoms with van der Waals surface area (Å²) < 4.78 is 12.9. The fourth-order valence-corrected chi connectivity index (χ4v) is 3.14. The summed E-state index contributed by atoms with van der Waals surface area (Å²) in [4.78, 5) is 26.9. The van der Waals surface area contributed by atoms with Crippen LogP contribution < -0.4 is 5.32 Å². The van der Waals surface area contributed by atoms with Gasteiger partial charge in [0, 0.05) is 19.1 Å². The van der Waals surface area contributed by atoms with Crippen molar-refractivity contribution in [2.24, 2.45) is 0 Å². The van der Waals surface area contributed by atoms with Gasteiger partial charge in [-0.05, 0) is 50.6 Å². The summed E-state index contributed by atoms with van der Waals surface area (Å²) in [5.74, 6) is -1.16. The molecule has 1 amide bonds. The lowest BCUT2D eigenvalue weighted by Crippen LogP contribution is -2.39. The molecule has 6 nitrogen and oxygen atoms in total. The van der Waals surface area contributed by atoms with E-state index >= 15 is 0 Å². The summed E-state index contributed by atoms with van der Waals surface area (Å²) in [6, 6.07) is 6.31. The van der Waals surface area contributed by atoms with Crippen LogP contribution in [0.1, 0.15) is 24.8 Å². The molecule has 146 valence electrons. The number of nitrogens with one attached hydrogen (secondary N) is 1. The molecule has 1 aliphatic rings. The molecule has 2 rings (SSSR count). The summed E-state index contributed by atoms with van der Waals surface area (Å²) in [6.07, 6.45) is 2.74. The molecule has 0 aliphatic carbocycles. The highest BCUT2D eigenvalue weighted by Crippen LogP contribution is 2.15. The minimum atomic E-state index is -0.816. The van der Waals surface area contributed by atoms with Gasteiger partial charge < -0.3 is 10.4 Å². The molecule has 0 aromatic heterocycles. The van der Waals surface area contributed by atoms with Crippen molar-refractivity contribution < 1.29 is 19.1 Å². The molecule has 2 N–H and O–H groups in total. The molecule has 1 aliphatic heterocycles. The van der Waals surface area contributed by atoms with Crippen LogP contribution in [0.3, 0.4) is 0 Å². The van der Waals surface area contributed by atoms with Gasteiger partial charge in [0.05, 0.1) is 13.1 Å². The zero-order chi connectivity index (χ0) is 18.2. The largest absolute Gasteiger partial charge is 0.480 e. The number of hydrogen-bond acceptors (Lipinski definition) is 4. The number of carboxylic acid groups (broad SMARTS) is 1. The van der Waals surface area contributed by atoms with Crippen LogP contribution in [0, 0.1) is 5.82 Å². The van der Waals surface area contributed by atoms with Crippen molar-refractivity contribution in [2.45, 2.75) is 31.8 Å². The van der Waals surface area contributed by atoms with Crippen LogP contribution in [0.25, 0.3) is 0 Å². The Morgan fingerprint density at radius 1 is 1.27 bits per heavy atom. The van der Waals surface area contributed by atoms with Gasteiger partial charge in [0.25, 0.3) is 0 Å². The van der Waals surface area contributed by atoms with Crippen molar-refractivity contribution in [1.29, 1.82) is 0 Å². The predicted molar refractivity (Wildman–Crippen MR) is 99.8 cm³/mol. The predicted octanol–water partition coefficient (Wildman–Crippen LogP) is 1.73. The van der Waals surface area contributed by atoms with E-state index in [2.05, 4.69) is 10.2 Å². The molecular weight excluding hydrogens is 361 g/mol. The van der Waals surface area contributed by atoms with Crippen molar-refractivity contribution in [3.63, 3.8) is 0 Å². The normalized spacial score (nSPS) is 18.0. The van der Waals surface area contributed by atoms with Crippen molar-refractivity contribution >= 4 is 24.3 Å². The summed E-state index contributed by atoms with van der Waals surface area (Å²) >= 11 is 0. The topological polar surface area (TPSA) is 72.9 Å². The first-order valence-corrected chi connectivity index (χ1v) is 8.59. The highest BCUT2D eigenvalue weighted by atomic mass is 35.5. The standard InChI is InChI=1S/C18H26FN3O3.ClH/c1-21(13-18(24)25)16-3-2-9-22(10-8-16)12-17(23)20-11-14-4-6-15(19)7-5-14;/h4-7,16H,2-3,8-13H2,1H3,(H,20,23)(H,24,25);1H. The van der Waals surface area contributed by atoms with Crippen LogP contribution in [-0.4, -0.2) is 66.1 Å². The average molecular weight is 388 g/mol. The molecule has 0 spiro atoms. The number of hydrogen-bond donors (Lipinski definition) is 2. The zero-order valence-corrected chi connectivity index (χ0v) is 15.8. The third-order valence-corrected chi connectivity index (χ3v) is 4.57. The van der Waals surface area contributed by atoms with Crippen molar-refractivity contribution in [3.05, 3.63) is 35.6 Å². The lowest BCUT2D eigenvalue weighted by Gasteiger charge is -2.25. The molecule has 26 heavy (non-hydrogen) atoms. The number of likely N-dealkylation sites (tertiary alicyclic amines) is 1. The first-order chi connectivity index (χ1) is 11.9. The van der Waals surface area contributed by atoms with Crippen molar-refractivity contribution in [2.75, 3.05) is 33.2 Å². The van der Waals surface area contributed by atoms with E-state index in [9.17, 15) is 14.0 Å². The number of amides is 1. The fourth-order valence-electron chi connectivity index (χ4n) is 3.14. The van der Waals surface area contributed by atoms with Gasteiger partial charge in [0.1, 0.15) is 5.82 Å². The van der Waals surface area contributed by atoms with E-state index in [1.54, 1.807) is 12.1 Å². The Kier molecular flexibility index (Phi) is 9.54. The molecule has 1 atom stereocenters. The van der Waals surface area contributed by atoms with E-state index < -0.39 is 5.97 Å². The van der Waals surface area contributed by atoms with Crippen molar-refractivity contribution in [1.82, 2.24) is 15.1 Å². The second-order valence-electron chi connectivity index (χ2n) is 6.57. The number of carboxylic acids is 1. The SMILES string of the molecule is CN(CC(=O)O)C1CCCN(CC(=O)NCc2ccc(F)cc2)CC1.Cl. The van der Waals surface area contributed by atoms with Gasteiger partial charge >= 0.3 is 5.97 Å². The second kappa shape index (κ2) is 11.1. The van der Waals surface area contributed by atoms with E-state index in [0.717, 1.165) is 37.9 Å². The number of carbonyl (C=O) groups is 2. The minimum absolute atomic E-state index is 0. The summed E-state index contributed by atoms with van der Waals surface area (Å²) in [7, 11) is 1.84. The highest BCUT2D eigenvalue weighted by molar-refractivity contribution is 5.85. The quantitative estimate of drug-likeness (QED) is 0.745. The maximum Gasteiger partial charge on any atom is 0.317 e. The lowest BCUT2D eigenvalue weighted by atomic mass is 10.1. The second-order valence-corrected chi connectivity index (χ2v) is 6.57. The smallest absolute Gasteiger partial charge is 0.317 e. The van der Waals surface area contributed by atoms with Crippen LogP contribution in [-0.2, 0) is 16.1 Å². The minimum Gasteiger partial charge on any atom is -0.480 e. The fraction of sp³-hybridized carbons (Fsp3) is 0.556. The van der Waals surface area contributed by atoms with Gasteiger partial charge in [-0.25, -0.2) is 4.39 Å². The molecule has 1 aromatic carbocycles. The number of benzene rings is 1. The molecular formula is C18H27ClFN3O3. The molecule has 0 saturated carbocycles. The number of likely N-dealkylation sites (N-methyl/N-ethyl adjacent to an activating group) is 1. The maximum absolute atomic E-state index is 12.9. The van der Waals surface area contributed by atoms with E-state index in [4.69, 9.17) is 5.11 Å². The summed E-state index contributed by atoms with van der Waals surface area (Å²) in [5, 5.41) is 11.8. The number of rotatable bonds is 7. The third-order valence-electron chi connectivity index (χ3n) is 4.57. The number of aliphatic carboxylic acids is 1. The van der Waals surface area contributed by atoms with Crippen molar-refractivity contribution in [3.8, 4) is 0 Å². The Hall–Kier alpha value is -1.70. The molecule has 0 bridgehead atoms. The summed E-state index contributed by atoms with van der Waals surface area (Å²) in [6.45, 7) is 2.37. The molecule has 1 saturated heterocycles. The summed E-state index contributed by atoms with van der Waals surface area (Å²) in [5.41, 5.74) is 0.862. The Morgan fingerprint density at radius 3 is 2.62 bits per heavy atom. The number of halogens is 2. The van der Waals surface area contributed by atoms with Gasteiger partial charge in [0.2, 0.25) is 5.91 Å². The van der Waals surface area contributed by atoms with Crippen LogP contribution >= 0.6 is 12.4 Å². The Labute approximate surface area is 159 Å². The van der Waals surface area contributed by atoms with E-state index in [1.165, 1.54) is 12.1 Å². The van der Waals surface area contributed by atoms with Gasteiger partial charge in [-0.1, -0.05) is 12.1 Å². The Balaban J connectivity index is 0.00000338. The molecule has 0 radical (unpaired) electrons.